The van der Waals surface area contributed by atoms with Gasteiger partial charge in [0.15, 0.2) is 0 Å². The second-order valence-electron chi connectivity index (χ2n) is 3.64. The van der Waals surface area contributed by atoms with Gasteiger partial charge < -0.3 is 0 Å². The van der Waals surface area contributed by atoms with Crippen molar-refractivity contribution in [2.75, 3.05) is 6.26 Å². The van der Waals surface area contributed by atoms with Crippen molar-refractivity contribution < 1.29 is 0 Å². The van der Waals surface area contributed by atoms with Crippen LogP contribution in [-0.4, -0.2) is 20.9 Å². The largest absolute Gasteiger partial charge is 0.291 e. The van der Waals surface area contributed by atoms with Crippen LogP contribution in [0.1, 0.15) is 5.56 Å². The minimum atomic E-state index is -0.110. The minimum Gasteiger partial charge on any atom is -0.266 e. The Kier molecular flexibility index (Phi) is 2.89. The van der Waals surface area contributed by atoms with Gasteiger partial charge in [-0.2, -0.15) is 9.61 Å². The Morgan fingerprint density at radius 3 is 2.78 bits per heavy atom. The van der Waals surface area contributed by atoms with E-state index in [2.05, 4.69) is 10.1 Å². The quantitative estimate of drug-likeness (QED) is 0.664. The van der Waals surface area contributed by atoms with Crippen LogP contribution in [0.3, 0.4) is 0 Å². The first-order valence-corrected chi connectivity index (χ1v) is 7.30. The fourth-order valence-electron chi connectivity index (χ4n) is 1.63. The molecule has 4 nitrogen and oxygen atoms in total. The second kappa shape index (κ2) is 4.55. The van der Waals surface area contributed by atoms with Crippen molar-refractivity contribution in [1.29, 1.82) is 0 Å². The lowest BCUT2D eigenvalue weighted by atomic mass is 10.2. The van der Waals surface area contributed by atoms with E-state index in [4.69, 9.17) is 0 Å². The summed E-state index contributed by atoms with van der Waals surface area (Å²) >= 11 is 3.05. The van der Waals surface area contributed by atoms with Crippen molar-refractivity contribution in [2.45, 2.75) is 4.90 Å². The molecule has 0 unspecified atom stereocenters. The molecule has 0 spiro atoms. The molecule has 3 rings (SSSR count). The second-order valence-corrected chi connectivity index (χ2v) is 5.53. The molecule has 0 bridgehead atoms. The van der Waals surface area contributed by atoms with E-state index in [0.717, 1.165) is 5.56 Å². The molecule has 18 heavy (non-hydrogen) atoms. The minimum absolute atomic E-state index is 0.110. The first-order valence-electron chi connectivity index (χ1n) is 5.26. The monoisotopic (exact) mass is 275 g/mol. The number of thioether (sulfide) groups is 1. The summed E-state index contributed by atoms with van der Waals surface area (Å²) in [6.45, 7) is 0. The Morgan fingerprint density at radius 1 is 1.33 bits per heavy atom. The van der Waals surface area contributed by atoms with E-state index in [9.17, 15) is 4.79 Å². The number of benzene rings is 1. The molecule has 0 N–H and O–H groups in total. The van der Waals surface area contributed by atoms with Gasteiger partial charge in [0.1, 0.15) is 6.33 Å². The van der Waals surface area contributed by atoms with E-state index in [1.54, 1.807) is 11.8 Å². The average molecular weight is 275 g/mol. The van der Waals surface area contributed by atoms with Gasteiger partial charge in [-0.3, -0.25) is 4.79 Å². The number of rotatable bonds is 2. The van der Waals surface area contributed by atoms with Crippen LogP contribution in [0.2, 0.25) is 0 Å². The summed E-state index contributed by atoms with van der Waals surface area (Å²) in [5.74, 6) is 0. The van der Waals surface area contributed by atoms with Gasteiger partial charge in [-0.15, -0.1) is 11.8 Å². The summed E-state index contributed by atoms with van der Waals surface area (Å²) in [6.07, 6.45) is 5.30. The summed E-state index contributed by atoms with van der Waals surface area (Å²) in [4.78, 5) is 17.8. The molecule has 0 radical (unpaired) electrons. The highest BCUT2D eigenvalue weighted by Crippen LogP contribution is 2.15. The van der Waals surface area contributed by atoms with Gasteiger partial charge in [0.25, 0.3) is 5.56 Å². The van der Waals surface area contributed by atoms with Crippen LogP contribution in [0.25, 0.3) is 11.0 Å². The SMILES string of the molecule is CSc1ccc(/C=c2\sc3ncnn3c2=O)cc1. The van der Waals surface area contributed by atoms with E-state index in [-0.39, 0.29) is 5.56 Å². The molecule has 0 atom stereocenters. The Morgan fingerprint density at radius 2 is 2.11 bits per heavy atom. The van der Waals surface area contributed by atoms with Crippen LogP contribution in [0.5, 0.6) is 0 Å². The molecular formula is C12H9N3OS2. The molecule has 0 amide bonds. The molecule has 0 aliphatic rings. The summed E-state index contributed by atoms with van der Waals surface area (Å²) < 4.78 is 1.98. The Bertz CT molecular complexity index is 789. The van der Waals surface area contributed by atoms with Gasteiger partial charge in [0.05, 0.1) is 4.53 Å². The number of hydrogen-bond donors (Lipinski definition) is 0. The van der Waals surface area contributed by atoms with Gasteiger partial charge in [-0.1, -0.05) is 23.5 Å². The average Bonchev–Trinajstić information content (AvgIpc) is 2.95. The zero-order valence-corrected chi connectivity index (χ0v) is 11.2. The summed E-state index contributed by atoms with van der Waals surface area (Å²) in [5.41, 5.74) is 0.899. The molecule has 0 aliphatic heterocycles. The van der Waals surface area contributed by atoms with Gasteiger partial charge in [-0.05, 0) is 30.0 Å². The van der Waals surface area contributed by atoms with E-state index >= 15 is 0 Å². The number of aromatic nitrogens is 3. The lowest BCUT2D eigenvalue weighted by Gasteiger charge is -1.95. The third kappa shape index (κ3) is 1.93. The number of thiazole rings is 1. The number of nitrogens with zero attached hydrogens (tertiary/aromatic N) is 3. The molecule has 0 saturated carbocycles. The van der Waals surface area contributed by atoms with Gasteiger partial charge in [-0.25, -0.2) is 4.98 Å². The Hall–Kier alpha value is -1.66. The normalized spacial score (nSPS) is 12.4. The molecule has 0 saturated heterocycles. The lowest BCUT2D eigenvalue weighted by Crippen LogP contribution is -2.23. The summed E-state index contributed by atoms with van der Waals surface area (Å²) in [5, 5.41) is 3.89. The van der Waals surface area contributed by atoms with E-state index in [0.29, 0.717) is 9.49 Å². The van der Waals surface area contributed by atoms with Crippen LogP contribution in [-0.2, 0) is 0 Å². The number of fused-ring (bicyclic) bond motifs is 1. The molecule has 2 heterocycles. The zero-order valence-electron chi connectivity index (χ0n) is 9.53. The Labute approximate surface area is 111 Å². The third-order valence-corrected chi connectivity index (χ3v) is 4.25. The van der Waals surface area contributed by atoms with Crippen molar-refractivity contribution >= 4 is 34.1 Å². The van der Waals surface area contributed by atoms with Crippen molar-refractivity contribution in [1.82, 2.24) is 14.6 Å². The standard InChI is InChI=1S/C12H9N3OS2/c1-17-9-4-2-8(3-5-9)6-10-11(16)15-12(18-10)13-7-14-15/h2-7H,1H3/b10-6-. The fraction of sp³-hybridized carbons (Fsp3) is 0.0833. The molecule has 6 heteroatoms. The van der Waals surface area contributed by atoms with Crippen molar-refractivity contribution in [3.05, 3.63) is 51.0 Å². The van der Waals surface area contributed by atoms with E-state index in [1.807, 2.05) is 36.6 Å². The molecular weight excluding hydrogens is 266 g/mol. The highest BCUT2D eigenvalue weighted by Gasteiger charge is 2.04. The van der Waals surface area contributed by atoms with Gasteiger partial charge in [0.2, 0.25) is 4.96 Å². The molecule has 0 fully saturated rings. The van der Waals surface area contributed by atoms with Crippen LogP contribution >= 0.6 is 23.1 Å². The van der Waals surface area contributed by atoms with Crippen LogP contribution in [0, 0.1) is 0 Å². The van der Waals surface area contributed by atoms with E-state index < -0.39 is 0 Å². The Balaban J connectivity index is 2.12. The summed E-state index contributed by atoms with van der Waals surface area (Å²) in [7, 11) is 0. The predicted octanol–water partition coefficient (Wildman–Crippen LogP) is 1.42. The highest BCUT2D eigenvalue weighted by atomic mass is 32.2. The highest BCUT2D eigenvalue weighted by molar-refractivity contribution is 7.98. The van der Waals surface area contributed by atoms with Gasteiger partial charge >= 0.3 is 0 Å². The van der Waals surface area contributed by atoms with E-state index in [1.165, 1.54) is 27.1 Å². The van der Waals surface area contributed by atoms with Crippen LogP contribution in [0.15, 0.2) is 40.3 Å². The van der Waals surface area contributed by atoms with Crippen molar-refractivity contribution in [3.8, 4) is 0 Å². The fourth-order valence-corrected chi connectivity index (χ4v) is 2.92. The third-order valence-electron chi connectivity index (χ3n) is 2.53. The van der Waals surface area contributed by atoms with Crippen LogP contribution < -0.4 is 10.1 Å². The molecule has 1 aromatic carbocycles. The maximum atomic E-state index is 12.0. The van der Waals surface area contributed by atoms with Crippen molar-refractivity contribution in [2.24, 2.45) is 0 Å². The first kappa shape index (κ1) is 11.4. The molecule has 90 valence electrons. The van der Waals surface area contributed by atoms with Crippen LogP contribution in [0.4, 0.5) is 0 Å². The summed E-state index contributed by atoms with van der Waals surface area (Å²) in [6, 6.07) is 8.08. The first-order chi connectivity index (χ1) is 8.78. The lowest BCUT2D eigenvalue weighted by molar-refractivity contribution is 0.932. The number of hydrogen-bond acceptors (Lipinski definition) is 5. The smallest absolute Gasteiger partial charge is 0.266 e. The topological polar surface area (TPSA) is 47.3 Å². The maximum Gasteiger partial charge on any atom is 0.291 e. The zero-order chi connectivity index (χ0) is 12.5. The molecule has 0 aliphatic carbocycles. The maximum absolute atomic E-state index is 12.0. The van der Waals surface area contributed by atoms with Crippen molar-refractivity contribution in [3.63, 3.8) is 0 Å². The predicted molar refractivity (Wildman–Crippen MR) is 74.1 cm³/mol. The molecule has 2 aromatic heterocycles. The van der Waals surface area contributed by atoms with Gasteiger partial charge in [0, 0.05) is 4.90 Å². The molecule has 3 aromatic rings.